The van der Waals surface area contributed by atoms with E-state index in [1.54, 1.807) is 25.7 Å². The number of nitro groups is 1. The number of rotatable bonds is 6. The van der Waals surface area contributed by atoms with Crippen LogP contribution in [0.15, 0.2) is 10.5 Å². The first-order valence-corrected chi connectivity index (χ1v) is 13.8. The molecule has 14 heteroatoms. The van der Waals surface area contributed by atoms with Crippen LogP contribution >= 0.6 is 27.5 Å². The molecule has 1 N–H and O–H groups in total. The molecular weight excluding hydrogens is 608 g/mol. The van der Waals surface area contributed by atoms with E-state index in [1.165, 1.54) is 6.07 Å². The maximum Gasteiger partial charge on any atom is 1.00 e. The Hall–Kier alpha value is -1.44. The molecule has 2 aliphatic rings. The van der Waals surface area contributed by atoms with Crippen molar-refractivity contribution in [2.45, 2.75) is 64.1 Å². The number of amides is 1. The van der Waals surface area contributed by atoms with Gasteiger partial charge < -0.3 is 26.0 Å². The summed E-state index contributed by atoms with van der Waals surface area (Å²) in [5, 5.41) is 15.8. The van der Waals surface area contributed by atoms with Gasteiger partial charge in [0.25, 0.3) is 5.88 Å². The molecule has 210 valence electrons. The number of anilines is 1. The Kier molecular flexibility index (Phi) is 10.7. The standard InChI is InChI=1S/C25H32BrClFN5O5.Na.H/c1-25(2,3)38-24(34)32-10-7-14(8-11-32)29-21-16-12-17(27)18(26)19(28)20(16)30-23(22(21)33(35)36)37-13-15-6-5-9-31(15)4;;/h12,14-15H,5-11,13H2,1-4H3,(H,29,30);;/q;+1;-1/t15-;;/m0../s1. The summed E-state index contributed by atoms with van der Waals surface area (Å²) in [4.78, 5) is 32.2. The fourth-order valence-corrected chi connectivity index (χ4v) is 5.29. The van der Waals surface area contributed by atoms with Gasteiger partial charge in [-0.1, -0.05) is 11.6 Å². The average Bonchev–Trinajstić information content (AvgIpc) is 3.25. The van der Waals surface area contributed by atoms with Gasteiger partial charge in [0.2, 0.25) is 0 Å². The SMILES string of the molecule is CN1CCC[C@H]1COc1nc2c(F)c(Br)c(Cl)cc2c(NC2CCN(C(=O)OC(C)(C)C)CC2)c1[N+](=O)[O-].[H-].[Na+]. The molecule has 1 aromatic carbocycles. The molecule has 0 spiro atoms. The number of likely N-dealkylation sites (tertiary alicyclic amines) is 2. The summed E-state index contributed by atoms with van der Waals surface area (Å²) in [7, 11) is 1.97. The summed E-state index contributed by atoms with van der Waals surface area (Å²) in [5.74, 6) is -0.974. The fourth-order valence-electron chi connectivity index (χ4n) is 4.79. The second-order valence-electron chi connectivity index (χ2n) is 10.8. The molecular formula is C25H33BrClFN5NaO5. The number of pyridine rings is 1. The smallest absolute Gasteiger partial charge is 1.00 e. The van der Waals surface area contributed by atoms with Gasteiger partial charge in [0.15, 0.2) is 5.82 Å². The van der Waals surface area contributed by atoms with E-state index in [0.29, 0.717) is 25.9 Å². The quantitative estimate of drug-likeness (QED) is 0.222. The van der Waals surface area contributed by atoms with Gasteiger partial charge >= 0.3 is 41.3 Å². The summed E-state index contributed by atoms with van der Waals surface area (Å²) < 4.78 is 26.7. The van der Waals surface area contributed by atoms with E-state index in [9.17, 15) is 14.9 Å². The number of likely N-dealkylation sites (N-methyl/N-ethyl adjacent to an activating group) is 1. The van der Waals surface area contributed by atoms with E-state index in [1.807, 2.05) is 7.05 Å². The first-order chi connectivity index (χ1) is 17.9. The van der Waals surface area contributed by atoms with Crippen molar-refractivity contribution in [3.63, 3.8) is 0 Å². The Labute approximate surface area is 264 Å². The minimum atomic E-state index is -0.729. The number of hydrogen-bond donors (Lipinski definition) is 1. The van der Waals surface area contributed by atoms with E-state index in [2.05, 4.69) is 31.1 Å². The van der Waals surface area contributed by atoms with Crippen molar-refractivity contribution in [2.75, 3.05) is 38.6 Å². The molecule has 2 fully saturated rings. The van der Waals surface area contributed by atoms with Crippen molar-refractivity contribution in [3.8, 4) is 5.88 Å². The van der Waals surface area contributed by atoms with Gasteiger partial charge in [-0.2, -0.15) is 0 Å². The third-order valence-electron chi connectivity index (χ3n) is 6.82. The van der Waals surface area contributed by atoms with Crippen LogP contribution in [-0.2, 0) is 4.74 Å². The zero-order valence-corrected chi connectivity index (χ0v) is 27.2. The van der Waals surface area contributed by atoms with E-state index in [4.69, 9.17) is 21.1 Å². The zero-order chi connectivity index (χ0) is 27.8. The van der Waals surface area contributed by atoms with Crippen LogP contribution < -0.4 is 39.6 Å². The normalized spacial score (nSPS) is 18.6. The minimum absolute atomic E-state index is 0. The Balaban J connectivity index is 0.00000280. The summed E-state index contributed by atoms with van der Waals surface area (Å²) in [6.45, 7) is 7.33. The Morgan fingerprint density at radius 1 is 1.33 bits per heavy atom. The molecule has 39 heavy (non-hydrogen) atoms. The molecule has 2 saturated heterocycles. The van der Waals surface area contributed by atoms with Crippen LogP contribution in [0.3, 0.4) is 0 Å². The van der Waals surface area contributed by atoms with Crippen LogP contribution in [0.2, 0.25) is 5.02 Å². The number of benzene rings is 1. The van der Waals surface area contributed by atoms with Crippen molar-refractivity contribution in [1.82, 2.24) is 14.8 Å². The van der Waals surface area contributed by atoms with Crippen molar-refractivity contribution in [1.29, 1.82) is 0 Å². The molecule has 0 aliphatic carbocycles. The number of aromatic nitrogens is 1. The summed E-state index contributed by atoms with van der Waals surface area (Å²) in [5.41, 5.74) is -0.969. The van der Waals surface area contributed by atoms with Crippen LogP contribution in [0.1, 0.15) is 47.9 Å². The molecule has 0 unspecified atom stereocenters. The molecule has 2 aromatic rings. The van der Waals surface area contributed by atoms with Gasteiger partial charge in [0, 0.05) is 30.6 Å². The monoisotopic (exact) mass is 639 g/mol. The number of hydrogen-bond acceptors (Lipinski definition) is 8. The summed E-state index contributed by atoms with van der Waals surface area (Å²) in [6.07, 6.45) is 2.52. The van der Waals surface area contributed by atoms with Crippen molar-refractivity contribution in [3.05, 3.63) is 31.5 Å². The number of ether oxygens (including phenoxy) is 2. The maximum atomic E-state index is 15.3. The van der Waals surface area contributed by atoms with Gasteiger partial charge in [0.1, 0.15) is 23.4 Å². The van der Waals surface area contributed by atoms with Gasteiger partial charge in [0.05, 0.1) is 14.4 Å². The molecule has 2 aliphatic heterocycles. The third-order valence-corrected chi connectivity index (χ3v) is 8.12. The first-order valence-electron chi connectivity index (χ1n) is 12.6. The average molecular weight is 641 g/mol. The predicted molar refractivity (Wildman–Crippen MR) is 148 cm³/mol. The zero-order valence-electron chi connectivity index (χ0n) is 23.9. The second kappa shape index (κ2) is 13.0. The minimum Gasteiger partial charge on any atom is -1.00 e. The van der Waals surface area contributed by atoms with Crippen molar-refractivity contribution >= 4 is 55.9 Å². The fraction of sp³-hybridized carbons (Fsp3) is 0.600. The number of nitrogens with zero attached hydrogens (tertiary/aromatic N) is 4. The first kappa shape index (κ1) is 32.1. The Bertz CT molecular complexity index is 1250. The van der Waals surface area contributed by atoms with Crippen LogP contribution in [0.4, 0.5) is 20.6 Å². The number of nitrogens with one attached hydrogen (secondary N) is 1. The van der Waals surface area contributed by atoms with E-state index in [0.717, 1.165) is 19.4 Å². The van der Waals surface area contributed by atoms with E-state index >= 15 is 4.39 Å². The Morgan fingerprint density at radius 3 is 2.56 bits per heavy atom. The Morgan fingerprint density at radius 2 is 2.00 bits per heavy atom. The number of fused-ring (bicyclic) bond motifs is 1. The molecule has 0 bridgehead atoms. The number of carbonyl (C=O) groups excluding carboxylic acids is 1. The molecule has 1 aromatic heterocycles. The molecule has 1 amide bonds. The van der Waals surface area contributed by atoms with E-state index in [-0.39, 0.29) is 87.3 Å². The van der Waals surface area contributed by atoms with Crippen LogP contribution in [0, 0.1) is 15.9 Å². The second-order valence-corrected chi connectivity index (χ2v) is 12.0. The van der Waals surface area contributed by atoms with Crippen molar-refractivity contribution in [2.24, 2.45) is 0 Å². The topological polar surface area (TPSA) is 110 Å². The van der Waals surface area contributed by atoms with Crippen LogP contribution in [-0.4, -0.2) is 76.8 Å². The van der Waals surface area contributed by atoms with Gasteiger partial charge in [-0.05, 0) is 82.0 Å². The van der Waals surface area contributed by atoms with Gasteiger partial charge in [-0.15, -0.1) is 0 Å². The maximum absolute atomic E-state index is 15.3. The van der Waals surface area contributed by atoms with Gasteiger partial charge in [-0.25, -0.2) is 14.2 Å². The number of halogens is 3. The number of piperidine rings is 1. The van der Waals surface area contributed by atoms with Gasteiger partial charge in [-0.3, -0.25) is 10.1 Å². The third kappa shape index (κ3) is 7.45. The van der Waals surface area contributed by atoms with Crippen LogP contribution in [0.25, 0.3) is 10.9 Å². The molecule has 10 nitrogen and oxygen atoms in total. The summed E-state index contributed by atoms with van der Waals surface area (Å²) >= 11 is 9.38. The molecule has 1 atom stereocenters. The molecule has 3 heterocycles. The van der Waals surface area contributed by atoms with E-state index < -0.39 is 22.4 Å². The molecule has 0 radical (unpaired) electrons. The number of carbonyl (C=O) groups is 1. The largest absolute Gasteiger partial charge is 1.00 e. The summed E-state index contributed by atoms with van der Waals surface area (Å²) in [6, 6.07) is 1.32. The van der Waals surface area contributed by atoms with Crippen LogP contribution in [0.5, 0.6) is 5.88 Å². The predicted octanol–water partition coefficient (Wildman–Crippen LogP) is 3.10. The molecule has 0 saturated carbocycles. The molecule has 4 rings (SSSR count). The van der Waals surface area contributed by atoms with Crippen molar-refractivity contribution < 1.29 is 54.6 Å².